The zero-order valence-electron chi connectivity index (χ0n) is 16.7. The molecule has 0 bridgehead atoms. The van der Waals surface area contributed by atoms with Crippen molar-refractivity contribution in [1.82, 2.24) is 4.90 Å². The monoisotopic (exact) mass is 391 g/mol. The van der Waals surface area contributed by atoms with Crippen LogP contribution in [0.1, 0.15) is 30.4 Å². The molecule has 2 saturated heterocycles. The molecule has 3 unspecified atom stereocenters. The van der Waals surface area contributed by atoms with Gasteiger partial charge in [-0.15, -0.1) is 0 Å². The second-order valence-electron chi connectivity index (χ2n) is 8.27. The molecule has 2 amide bonds. The summed E-state index contributed by atoms with van der Waals surface area (Å²) in [6.45, 7) is 2.87. The lowest BCUT2D eigenvalue weighted by Crippen LogP contribution is -2.53. The molecule has 2 fully saturated rings. The third-order valence-corrected chi connectivity index (χ3v) is 6.70. The number of anilines is 2. The highest BCUT2D eigenvalue weighted by Crippen LogP contribution is 2.55. The van der Waals surface area contributed by atoms with E-state index in [0.717, 1.165) is 42.0 Å². The number of nitrogens with zero attached hydrogens (tertiary/aromatic N) is 1. The molecule has 0 saturated carbocycles. The summed E-state index contributed by atoms with van der Waals surface area (Å²) >= 11 is 0. The van der Waals surface area contributed by atoms with Gasteiger partial charge in [0, 0.05) is 23.0 Å². The number of benzene rings is 2. The Labute approximate surface area is 170 Å². The fourth-order valence-corrected chi connectivity index (χ4v) is 5.44. The van der Waals surface area contributed by atoms with Crippen molar-refractivity contribution < 1.29 is 14.3 Å². The molecule has 0 radical (unpaired) electrons. The molecule has 3 atom stereocenters. The minimum absolute atomic E-state index is 0.0719. The number of fused-ring (bicyclic) bond motifs is 4. The summed E-state index contributed by atoms with van der Waals surface area (Å²) in [4.78, 5) is 29.1. The molecule has 2 N–H and O–H groups in total. The number of amides is 2. The Kier molecular flexibility index (Phi) is 4.13. The number of methoxy groups -OCH3 is 1. The van der Waals surface area contributed by atoms with E-state index in [-0.39, 0.29) is 17.9 Å². The van der Waals surface area contributed by atoms with Crippen LogP contribution in [0, 0.1) is 12.8 Å². The molecule has 3 aliphatic rings. The van der Waals surface area contributed by atoms with E-state index >= 15 is 0 Å². The highest BCUT2D eigenvalue weighted by atomic mass is 16.5. The van der Waals surface area contributed by atoms with Crippen LogP contribution in [-0.4, -0.2) is 36.4 Å². The normalized spacial score (nSPS) is 27.6. The van der Waals surface area contributed by atoms with Crippen molar-refractivity contribution in [2.45, 2.75) is 37.8 Å². The minimum atomic E-state index is -0.918. The lowest BCUT2D eigenvalue weighted by molar-refractivity contribution is -0.135. The number of hydrogen-bond acceptors (Lipinski definition) is 4. The Morgan fingerprint density at radius 3 is 2.79 bits per heavy atom. The maximum Gasteiger partial charge on any atom is 0.250 e. The SMILES string of the molecule is COc1ccc(NC(=O)C2CC3CCCN3C23C(=O)Nc2ccc(C)cc23)cc1. The summed E-state index contributed by atoms with van der Waals surface area (Å²) in [5, 5.41) is 6.10. The third-order valence-electron chi connectivity index (χ3n) is 6.70. The second-order valence-corrected chi connectivity index (χ2v) is 8.27. The van der Waals surface area contributed by atoms with Gasteiger partial charge in [-0.3, -0.25) is 14.5 Å². The van der Waals surface area contributed by atoms with Crippen LogP contribution in [0.3, 0.4) is 0 Å². The number of ether oxygens (including phenoxy) is 1. The van der Waals surface area contributed by atoms with Crippen molar-refractivity contribution in [1.29, 1.82) is 0 Å². The summed E-state index contributed by atoms with van der Waals surface area (Å²) in [7, 11) is 1.61. The zero-order chi connectivity index (χ0) is 20.2. The first kappa shape index (κ1) is 18.2. The van der Waals surface area contributed by atoms with Gasteiger partial charge in [-0.1, -0.05) is 17.7 Å². The number of rotatable bonds is 3. The Bertz CT molecular complexity index is 987. The summed E-state index contributed by atoms with van der Waals surface area (Å²) in [5.74, 6) is 0.130. The number of hydrogen-bond donors (Lipinski definition) is 2. The molecule has 3 aliphatic heterocycles. The first-order valence-corrected chi connectivity index (χ1v) is 10.2. The summed E-state index contributed by atoms with van der Waals surface area (Å²) in [6, 6.07) is 13.6. The average molecular weight is 391 g/mol. The molecule has 5 rings (SSSR count). The smallest absolute Gasteiger partial charge is 0.250 e. The van der Waals surface area contributed by atoms with Crippen LogP contribution in [0.15, 0.2) is 42.5 Å². The largest absolute Gasteiger partial charge is 0.497 e. The first-order valence-electron chi connectivity index (χ1n) is 10.2. The quantitative estimate of drug-likeness (QED) is 0.843. The van der Waals surface area contributed by atoms with Crippen molar-refractivity contribution in [2.24, 2.45) is 5.92 Å². The summed E-state index contributed by atoms with van der Waals surface area (Å²) in [5.41, 5.74) is 2.66. The molecule has 1 spiro atoms. The van der Waals surface area contributed by atoms with Gasteiger partial charge in [-0.25, -0.2) is 0 Å². The highest BCUT2D eigenvalue weighted by molar-refractivity contribution is 6.10. The van der Waals surface area contributed by atoms with Crippen LogP contribution in [0.25, 0.3) is 0 Å². The number of nitrogens with one attached hydrogen (secondary N) is 2. The van der Waals surface area contributed by atoms with Crippen molar-refractivity contribution in [3.05, 3.63) is 53.6 Å². The fourth-order valence-electron chi connectivity index (χ4n) is 5.44. The predicted molar refractivity (Wildman–Crippen MR) is 111 cm³/mol. The molecule has 6 nitrogen and oxygen atoms in total. The molecule has 2 aromatic rings. The number of carbonyl (C=O) groups excluding carboxylic acids is 2. The van der Waals surface area contributed by atoms with Crippen LogP contribution in [0.5, 0.6) is 5.75 Å². The lowest BCUT2D eigenvalue weighted by Gasteiger charge is -2.36. The molecule has 0 aromatic heterocycles. The molecular formula is C23H25N3O3. The molecule has 3 heterocycles. The summed E-state index contributed by atoms with van der Waals surface area (Å²) < 4.78 is 5.19. The van der Waals surface area contributed by atoms with Crippen molar-refractivity contribution in [3.63, 3.8) is 0 Å². The van der Waals surface area contributed by atoms with Gasteiger partial charge in [0.15, 0.2) is 0 Å². The lowest BCUT2D eigenvalue weighted by atomic mass is 9.78. The van der Waals surface area contributed by atoms with E-state index in [1.54, 1.807) is 7.11 Å². The van der Waals surface area contributed by atoms with Gasteiger partial charge >= 0.3 is 0 Å². The van der Waals surface area contributed by atoms with E-state index in [4.69, 9.17) is 4.74 Å². The van der Waals surface area contributed by atoms with E-state index in [0.29, 0.717) is 12.1 Å². The standard InChI is InChI=1S/C23H25N3O3/c1-14-5-10-20-18(12-14)23(22(28)25-20)19(13-16-4-3-11-26(16)23)21(27)24-15-6-8-17(29-2)9-7-15/h5-10,12,16,19H,3-4,11,13H2,1-2H3,(H,24,27)(H,25,28). The van der Waals surface area contributed by atoms with E-state index in [1.807, 2.05) is 43.3 Å². The highest BCUT2D eigenvalue weighted by Gasteiger charge is 2.65. The van der Waals surface area contributed by atoms with Gasteiger partial charge in [-0.05, 0) is 63.1 Å². The number of carbonyl (C=O) groups is 2. The fraction of sp³-hybridized carbons (Fsp3) is 0.391. The topological polar surface area (TPSA) is 70.7 Å². The van der Waals surface area contributed by atoms with Crippen molar-refractivity contribution >= 4 is 23.2 Å². The maximum atomic E-state index is 13.5. The first-order chi connectivity index (χ1) is 14.0. The van der Waals surface area contributed by atoms with Gasteiger partial charge in [0.05, 0.1) is 13.0 Å². The van der Waals surface area contributed by atoms with E-state index in [9.17, 15) is 9.59 Å². The third kappa shape index (κ3) is 2.59. The van der Waals surface area contributed by atoms with Crippen LogP contribution in [0.2, 0.25) is 0 Å². The Morgan fingerprint density at radius 1 is 1.24 bits per heavy atom. The zero-order valence-corrected chi connectivity index (χ0v) is 16.7. The van der Waals surface area contributed by atoms with Gasteiger partial charge < -0.3 is 15.4 Å². The molecule has 6 heteroatoms. The van der Waals surface area contributed by atoms with Crippen LogP contribution in [-0.2, 0) is 15.1 Å². The summed E-state index contributed by atoms with van der Waals surface area (Å²) in [6.07, 6.45) is 2.79. The average Bonchev–Trinajstić information content (AvgIpc) is 3.37. The minimum Gasteiger partial charge on any atom is -0.497 e. The number of aryl methyl sites for hydroxylation is 1. The van der Waals surface area contributed by atoms with Crippen molar-refractivity contribution in [3.8, 4) is 5.75 Å². The van der Waals surface area contributed by atoms with Crippen LogP contribution >= 0.6 is 0 Å². The molecule has 29 heavy (non-hydrogen) atoms. The van der Waals surface area contributed by atoms with Crippen LogP contribution in [0.4, 0.5) is 11.4 Å². The van der Waals surface area contributed by atoms with Gasteiger partial charge in [0.25, 0.3) is 0 Å². The predicted octanol–water partition coefficient (Wildman–Crippen LogP) is 3.27. The maximum absolute atomic E-state index is 13.5. The van der Waals surface area contributed by atoms with Gasteiger partial charge in [0.1, 0.15) is 11.3 Å². The van der Waals surface area contributed by atoms with Crippen molar-refractivity contribution in [2.75, 3.05) is 24.3 Å². The molecule has 2 aromatic carbocycles. The van der Waals surface area contributed by atoms with Crippen LogP contribution < -0.4 is 15.4 Å². The van der Waals surface area contributed by atoms with E-state index < -0.39 is 11.5 Å². The van der Waals surface area contributed by atoms with Gasteiger partial charge in [0.2, 0.25) is 11.8 Å². The Hall–Kier alpha value is -2.86. The van der Waals surface area contributed by atoms with E-state index in [1.165, 1.54) is 0 Å². The second kappa shape index (κ2) is 6.59. The van der Waals surface area contributed by atoms with E-state index in [2.05, 4.69) is 21.6 Å². The molecule has 0 aliphatic carbocycles. The Morgan fingerprint density at radius 2 is 2.03 bits per heavy atom. The molecular weight excluding hydrogens is 366 g/mol. The Balaban J connectivity index is 1.55. The van der Waals surface area contributed by atoms with Gasteiger partial charge in [-0.2, -0.15) is 0 Å². The molecule has 150 valence electrons.